The van der Waals surface area contributed by atoms with Crippen LogP contribution in [0.25, 0.3) is 0 Å². The molecule has 0 aliphatic carbocycles. The number of rotatable bonds is 6. The summed E-state index contributed by atoms with van der Waals surface area (Å²) in [5.41, 5.74) is 0.915. The van der Waals surface area contributed by atoms with Crippen LogP contribution in [0.3, 0.4) is 0 Å². The molecule has 1 fully saturated rings. The van der Waals surface area contributed by atoms with Crippen molar-refractivity contribution in [2.45, 2.75) is 40.6 Å². The fourth-order valence-electron chi connectivity index (χ4n) is 2.90. The Bertz CT molecular complexity index is 903. The molecule has 0 N–H and O–H groups in total. The van der Waals surface area contributed by atoms with Crippen LogP contribution in [-0.2, 0) is 21.1 Å². The van der Waals surface area contributed by atoms with Crippen LogP contribution in [0.1, 0.15) is 19.4 Å². The molecular formula is C20H22FNO3S2. The van der Waals surface area contributed by atoms with Gasteiger partial charge in [-0.1, -0.05) is 26.0 Å². The lowest BCUT2D eigenvalue weighted by molar-refractivity contribution is -0.133. The van der Waals surface area contributed by atoms with Crippen molar-refractivity contribution in [2.75, 3.05) is 13.1 Å². The van der Waals surface area contributed by atoms with E-state index >= 15 is 0 Å². The first kappa shape index (κ1) is 19.9. The second-order valence-electron chi connectivity index (χ2n) is 6.91. The van der Waals surface area contributed by atoms with Gasteiger partial charge in [0.15, 0.2) is 9.84 Å². The quantitative estimate of drug-likeness (QED) is 0.543. The minimum atomic E-state index is -3.54. The van der Waals surface area contributed by atoms with Gasteiger partial charge in [-0.05, 0) is 42.0 Å². The Morgan fingerprint density at radius 3 is 2.26 bits per heavy atom. The number of amides is 1. The van der Waals surface area contributed by atoms with Crippen molar-refractivity contribution in [1.82, 2.24) is 4.90 Å². The van der Waals surface area contributed by atoms with E-state index < -0.39 is 20.9 Å². The van der Waals surface area contributed by atoms with Crippen LogP contribution in [0.4, 0.5) is 4.39 Å². The van der Waals surface area contributed by atoms with Gasteiger partial charge in [0.1, 0.15) is 11.1 Å². The summed E-state index contributed by atoms with van der Waals surface area (Å²) in [6.45, 7) is 4.62. The van der Waals surface area contributed by atoms with Crippen molar-refractivity contribution in [3.05, 3.63) is 59.9 Å². The van der Waals surface area contributed by atoms with Gasteiger partial charge in [-0.15, -0.1) is 11.8 Å². The molecule has 7 heteroatoms. The third-order valence-corrected chi connectivity index (χ3v) is 7.55. The predicted molar refractivity (Wildman–Crippen MR) is 105 cm³/mol. The van der Waals surface area contributed by atoms with Gasteiger partial charge in [-0.25, -0.2) is 12.8 Å². The minimum absolute atomic E-state index is 0.0789. The van der Waals surface area contributed by atoms with E-state index in [2.05, 4.69) is 13.8 Å². The molecule has 0 bridgehead atoms. The van der Waals surface area contributed by atoms with Crippen LogP contribution in [0.5, 0.6) is 0 Å². The van der Waals surface area contributed by atoms with E-state index in [9.17, 15) is 17.6 Å². The number of hydrogen-bond acceptors (Lipinski definition) is 4. The number of carbonyl (C=O) groups is 1. The summed E-state index contributed by atoms with van der Waals surface area (Å²) in [5, 5.41) is -0.129. The molecule has 0 spiro atoms. The Morgan fingerprint density at radius 2 is 1.70 bits per heavy atom. The highest BCUT2D eigenvalue weighted by Gasteiger charge is 2.40. The smallest absolute Gasteiger partial charge is 0.227 e. The summed E-state index contributed by atoms with van der Waals surface area (Å²) in [6.07, 6.45) is 0.260. The topological polar surface area (TPSA) is 54.5 Å². The normalized spacial score (nSPS) is 15.0. The number of nitrogens with zero attached hydrogens (tertiary/aromatic N) is 1. The highest BCUT2D eigenvalue weighted by molar-refractivity contribution is 7.99. The lowest BCUT2D eigenvalue weighted by atomic mass is 10.1. The maximum Gasteiger partial charge on any atom is 0.227 e. The van der Waals surface area contributed by atoms with Gasteiger partial charge in [0.25, 0.3) is 0 Å². The maximum absolute atomic E-state index is 13.0. The fourth-order valence-corrected chi connectivity index (χ4v) is 5.39. The molecule has 27 heavy (non-hydrogen) atoms. The van der Waals surface area contributed by atoms with Gasteiger partial charge >= 0.3 is 0 Å². The first-order chi connectivity index (χ1) is 12.8. The van der Waals surface area contributed by atoms with Crippen LogP contribution in [0.2, 0.25) is 0 Å². The molecule has 2 aromatic rings. The zero-order valence-electron chi connectivity index (χ0n) is 15.3. The summed E-state index contributed by atoms with van der Waals surface area (Å²) in [4.78, 5) is 15.2. The molecule has 1 aliphatic rings. The van der Waals surface area contributed by atoms with Gasteiger partial charge in [0.05, 0.1) is 11.3 Å². The van der Waals surface area contributed by atoms with Crippen molar-refractivity contribution >= 4 is 27.5 Å². The van der Waals surface area contributed by atoms with Crippen molar-refractivity contribution in [2.24, 2.45) is 0 Å². The van der Waals surface area contributed by atoms with Gasteiger partial charge in [-0.2, -0.15) is 0 Å². The number of halogens is 1. The standard InChI is InChI=1S/C20H22FNO3S2/c1-14(2)26-17-7-3-15(4-8-17)11-20(23)22-12-19(13-22)27(24,25)18-9-5-16(21)6-10-18/h3-10,14,19H,11-13H2,1-2H3. The van der Waals surface area contributed by atoms with Gasteiger partial charge < -0.3 is 4.90 Å². The van der Waals surface area contributed by atoms with E-state index in [1.807, 2.05) is 24.3 Å². The summed E-state index contributed by atoms with van der Waals surface area (Å²) < 4.78 is 38.0. The highest BCUT2D eigenvalue weighted by atomic mass is 32.2. The minimum Gasteiger partial charge on any atom is -0.340 e. The summed E-state index contributed by atoms with van der Waals surface area (Å²) in [6, 6.07) is 12.7. The monoisotopic (exact) mass is 407 g/mol. The van der Waals surface area contributed by atoms with Crippen LogP contribution >= 0.6 is 11.8 Å². The molecule has 2 aromatic carbocycles. The second kappa shape index (κ2) is 8.02. The highest BCUT2D eigenvalue weighted by Crippen LogP contribution is 2.26. The summed E-state index contributed by atoms with van der Waals surface area (Å²) in [5.74, 6) is -0.554. The van der Waals surface area contributed by atoms with Crippen LogP contribution < -0.4 is 0 Å². The molecule has 1 heterocycles. The molecule has 1 aliphatic heterocycles. The molecule has 0 radical (unpaired) electrons. The zero-order chi connectivity index (χ0) is 19.6. The van der Waals surface area contributed by atoms with E-state index in [1.165, 1.54) is 12.1 Å². The van der Waals surface area contributed by atoms with Gasteiger partial charge in [-0.3, -0.25) is 4.79 Å². The molecule has 0 unspecified atom stereocenters. The van der Waals surface area contributed by atoms with Crippen molar-refractivity contribution < 1.29 is 17.6 Å². The van der Waals surface area contributed by atoms with Crippen LogP contribution in [0.15, 0.2) is 58.3 Å². The van der Waals surface area contributed by atoms with E-state index in [4.69, 9.17) is 0 Å². The SMILES string of the molecule is CC(C)Sc1ccc(CC(=O)N2CC(S(=O)(=O)c3ccc(F)cc3)C2)cc1. The predicted octanol–water partition coefficient (Wildman–Crippen LogP) is 3.55. The number of carbonyl (C=O) groups excluding carboxylic acids is 1. The number of benzene rings is 2. The molecule has 1 amide bonds. The Labute approximate surface area is 163 Å². The first-order valence-corrected chi connectivity index (χ1v) is 11.2. The number of hydrogen-bond donors (Lipinski definition) is 0. The number of likely N-dealkylation sites (tertiary alicyclic amines) is 1. The summed E-state index contributed by atoms with van der Waals surface area (Å²) >= 11 is 1.76. The van der Waals surface area contributed by atoms with Crippen molar-refractivity contribution in [3.63, 3.8) is 0 Å². The van der Waals surface area contributed by atoms with E-state index in [-0.39, 0.29) is 30.3 Å². The molecule has 0 atom stereocenters. The molecule has 0 aromatic heterocycles. The molecule has 0 saturated carbocycles. The van der Waals surface area contributed by atoms with Crippen molar-refractivity contribution in [3.8, 4) is 0 Å². The third-order valence-electron chi connectivity index (χ3n) is 4.43. The lowest BCUT2D eigenvalue weighted by Crippen LogP contribution is -2.57. The second-order valence-corrected chi connectivity index (χ2v) is 10.8. The van der Waals surface area contributed by atoms with Crippen LogP contribution in [0, 0.1) is 5.82 Å². The average molecular weight is 408 g/mol. The third kappa shape index (κ3) is 4.71. The van der Waals surface area contributed by atoms with E-state index in [0.717, 1.165) is 22.6 Å². The zero-order valence-corrected chi connectivity index (χ0v) is 16.9. The Hall–Kier alpha value is -1.86. The number of thioether (sulfide) groups is 1. The average Bonchev–Trinajstić information content (AvgIpc) is 2.55. The maximum atomic E-state index is 13.0. The number of sulfone groups is 1. The van der Waals surface area contributed by atoms with Crippen LogP contribution in [-0.4, -0.2) is 42.8 Å². The molecule has 4 nitrogen and oxygen atoms in total. The van der Waals surface area contributed by atoms with Gasteiger partial charge in [0.2, 0.25) is 5.91 Å². The fraction of sp³-hybridized carbons (Fsp3) is 0.350. The molecule has 3 rings (SSSR count). The molecular weight excluding hydrogens is 385 g/mol. The lowest BCUT2D eigenvalue weighted by Gasteiger charge is -2.38. The van der Waals surface area contributed by atoms with E-state index in [1.54, 1.807) is 16.7 Å². The largest absolute Gasteiger partial charge is 0.340 e. The Morgan fingerprint density at radius 1 is 1.11 bits per heavy atom. The van der Waals surface area contributed by atoms with Gasteiger partial charge in [0, 0.05) is 23.2 Å². The molecule has 144 valence electrons. The first-order valence-electron chi connectivity index (χ1n) is 8.78. The Balaban J connectivity index is 1.56. The Kier molecular flexibility index (Phi) is 5.91. The van der Waals surface area contributed by atoms with Crippen molar-refractivity contribution in [1.29, 1.82) is 0 Å². The molecule has 1 saturated heterocycles. The summed E-state index contributed by atoms with van der Waals surface area (Å²) in [7, 11) is -3.54. The van der Waals surface area contributed by atoms with E-state index in [0.29, 0.717) is 5.25 Å².